The summed E-state index contributed by atoms with van der Waals surface area (Å²) in [4.78, 5) is 33.6. The normalized spacial score (nSPS) is 20.8. The first-order chi connectivity index (χ1) is 11.5. The molecular formula is C18H24N4O2. The molecule has 2 heterocycles. The Bertz CT molecular complexity index is 706. The summed E-state index contributed by atoms with van der Waals surface area (Å²) in [5.74, 6) is 1.18. The van der Waals surface area contributed by atoms with Crippen molar-refractivity contribution in [2.45, 2.75) is 38.6 Å². The van der Waals surface area contributed by atoms with Crippen molar-refractivity contribution >= 4 is 22.8 Å². The number of fused-ring (bicyclic) bond motifs is 1. The topological polar surface area (TPSA) is 78.1 Å². The molecule has 24 heavy (non-hydrogen) atoms. The summed E-state index contributed by atoms with van der Waals surface area (Å²) in [6.07, 6.45) is 2.86. The summed E-state index contributed by atoms with van der Waals surface area (Å²) in [5.41, 5.74) is 2.01. The molecule has 2 aromatic rings. The summed E-state index contributed by atoms with van der Waals surface area (Å²) in [6.45, 7) is 2.66. The number of rotatable bonds is 5. The molecule has 2 amide bonds. The van der Waals surface area contributed by atoms with Gasteiger partial charge in [0.25, 0.3) is 0 Å². The van der Waals surface area contributed by atoms with E-state index in [9.17, 15) is 9.59 Å². The van der Waals surface area contributed by atoms with Gasteiger partial charge in [-0.15, -0.1) is 0 Å². The number of likely N-dealkylation sites (N-methyl/N-ethyl adjacent to an activating group) is 1. The summed E-state index contributed by atoms with van der Waals surface area (Å²) >= 11 is 0. The van der Waals surface area contributed by atoms with Crippen molar-refractivity contribution in [1.82, 2.24) is 20.2 Å². The first-order valence-corrected chi connectivity index (χ1v) is 8.51. The third-order valence-electron chi connectivity index (χ3n) is 4.53. The Morgan fingerprint density at radius 1 is 1.38 bits per heavy atom. The molecule has 0 saturated carbocycles. The van der Waals surface area contributed by atoms with Gasteiger partial charge in [0.1, 0.15) is 11.9 Å². The van der Waals surface area contributed by atoms with Gasteiger partial charge >= 0.3 is 0 Å². The Morgan fingerprint density at radius 2 is 2.17 bits per heavy atom. The van der Waals surface area contributed by atoms with Gasteiger partial charge in [0, 0.05) is 26.4 Å². The van der Waals surface area contributed by atoms with Gasteiger partial charge in [-0.1, -0.05) is 19.1 Å². The highest BCUT2D eigenvalue weighted by Crippen LogP contribution is 2.17. The molecule has 1 aliphatic heterocycles. The lowest BCUT2D eigenvalue weighted by Crippen LogP contribution is -2.51. The molecule has 128 valence electrons. The van der Waals surface area contributed by atoms with Gasteiger partial charge in [0.15, 0.2) is 0 Å². The maximum Gasteiger partial charge on any atom is 0.244 e. The van der Waals surface area contributed by atoms with Crippen LogP contribution in [0.15, 0.2) is 24.3 Å². The zero-order valence-corrected chi connectivity index (χ0v) is 14.2. The molecule has 0 aliphatic carbocycles. The zero-order valence-electron chi connectivity index (χ0n) is 14.2. The monoisotopic (exact) mass is 328 g/mol. The smallest absolute Gasteiger partial charge is 0.244 e. The number of aryl methyl sites for hydroxylation is 1. The molecule has 0 unspecified atom stereocenters. The van der Waals surface area contributed by atoms with Gasteiger partial charge in [-0.3, -0.25) is 9.59 Å². The number of benzene rings is 1. The van der Waals surface area contributed by atoms with Crippen molar-refractivity contribution in [1.29, 1.82) is 0 Å². The number of aromatic amines is 1. The fourth-order valence-corrected chi connectivity index (χ4v) is 3.26. The quantitative estimate of drug-likeness (QED) is 0.879. The average molecular weight is 328 g/mol. The summed E-state index contributed by atoms with van der Waals surface area (Å²) in [7, 11) is 1.80. The van der Waals surface area contributed by atoms with Gasteiger partial charge in [-0.05, 0) is 30.9 Å². The highest BCUT2D eigenvalue weighted by Gasteiger charge is 2.30. The van der Waals surface area contributed by atoms with Crippen molar-refractivity contribution in [3.05, 3.63) is 30.1 Å². The summed E-state index contributed by atoms with van der Waals surface area (Å²) in [6, 6.07) is 7.57. The van der Waals surface area contributed by atoms with Gasteiger partial charge in [-0.2, -0.15) is 0 Å². The molecular weight excluding hydrogens is 304 g/mol. The Hall–Kier alpha value is -2.37. The molecule has 1 fully saturated rings. The lowest BCUT2D eigenvalue weighted by Gasteiger charge is -2.30. The van der Waals surface area contributed by atoms with Crippen LogP contribution in [0.3, 0.4) is 0 Å². The fraction of sp³-hybridized carbons (Fsp3) is 0.500. The second kappa shape index (κ2) is 7.03. The van der Waals surface area contributed by atoms with E-state index in [1.165, 1.54) is 0 Å². The number of aromatic nitrogens is 2. The lowest BCUT2D eigenvalue weighted by atomic mass is 9.93. The molecule has 1 aromatic heterocycles. The molecule has 1 aliphatic rings. The van der Waals surface area contributed by atoms with Crippen LogP contribution in [0.5, 0.6) is 0 Å². The number of nitrogens with one attached hydrogen (secondary N) is 2. The number of carbonyl (C=O) groups excluding carboxylic acids is 2. The molecule has 6 nitrogen and oxygen atoms in total. The van der Waals surface area contributed by atoms with Crippen molar-refractivity contribution < 1.29 is 9.59 Å². The number of nitrogens with zero attached hydrogens (tertiary/aromatic N) is 2. The number of para-hydroxylation sites is 2. The van der Waals surface area contributed by atoms with Crippen molar-refractivity contribution in [2.24, 2.45) is 5.92 Å². The largest absolute Gasteiger partial charge is 0.344 e. The van der Waals surface area contributed by atoms with E-state index in [2.05, 4.69) is 15.3 Å². The Balaban J connectivity index is 1.50. The minimum Gasteiger partial charge on any atom is -0.344 e. The SMILES string of the molecule is C[C@@H]1CC(=O)N[C@H](C(=O)N(C)CCCc2nc3ccccc3[nH]2)C1. The first kappa shape index (κ1) is 16.5. The van der Waals surface area contributed by atoms with E-state index in [1.54, 1.807) is 11.9 Å². The first-order valence-electron chi connectivity index (χ1n) is 8.51. The van der Waals surface area contributed by atoms with Gasteiger partial charge in [-0.25, -0.2) is 4.98 Å². The van der Waals surface area contributed by atoms with E-state index in [-0.39, 0.29) is 23.8 Å². The van der Waals surface area contributed by atoms with E-state index in [0.29, 0.717) is 13.0 Å². The van der Waals surface area contributed by atoms with Crippen LogP contribution in [0.1, 0.15) is 32.0 Å². The number of piperidine rings is 1. The maximum atomic E-state index is 12.5. The van der Waals surface area contributed by atoms with Gasteiger partial charge in [0.05, 0.1) is 11.0 Å². The van der Waals surface area contributed by atoms with Crippen LogP contribution in [-0.4, -0.2) is 46.3 Å². The van der Waals surface area contributed by atoms with Crippen LogP contribution in [0.4, 0.5) is 0 Å². The van der Waals surface area contributed by atoms with Gasteiger partial charge < -0.3 is 15.2 Å². The number of imidazole rings is 1. The zero-order chi connectivity index (χ0) is 17.1. The van der Waals surface area contributed by atoms with Crippen molar-refractivity contribution in [2.75, 3.05) is 13.6 Å². The van der Waals surface area contributed by atoms with Crippen molar-refractivity contribution in [3.63, 3.8) is 0 Å². The number of amides is 2. The minimum atomic E-state index is -0.377. The average Bonchev–Trinajstić information content (AvgIpc) is 2.95. The molecule has 0 bridgehead atoms. The summed E-state index contributed by atoms with van der Waals surface area (Å²) in [5, 5.41) is 2.80. The maximum absolute atomic E-state index is 12.5. The second-order valence-electron chi connectivity index (χ2n) is 6.73. The third kappa shape index (κ3) is 3.75. The molecule has 0 radical (unpaired) electrons. The second-order valence-corrected chi connectivity index (χ2v) is 6.73. The lowest BCUT2D eigenvalue weighted by molar-refractivity contribution is -0.138. The van der Waals surface area contributed by atoms with E-state index >= 15 is 0 Å². The number of hydrogen-bond acceptors (Lipinski definition) is 3. The van der Waals surface area contributed by atoms with E-state index < -0.39 is 0 Å². The molecule has 1 aromatic carbocycles. The molecule has 1 saturated heterocycles. The van der Waals surface area contributed by atoms with Crippen LogP contribution in [0.2, 0.25) is 0 Å². The third-order valence-corrected chi connectivity index (χ3v) is 4.53. The van der Waals surface area contributed by atoms with Crippen molar-refractivity contribution in [3.8, 4) is 0 Å². The van der Waals surface area contributed by atoms with Crippen LogP contribution >= 0.6 is 0 Å². The fourth-order valence-electron chi connectivity index (χ4n) is 3.26. The van der Waals surface area contributed by atoms with E-state index in [4.69, 9.17) is 0 Å². The summed E-state index contributed by atoms with van der Waals surface area (Å²) < 4.78 is 0. The van der Waals surface area contributed by atoms with E-state index in [1.807, 2.05) is 31.2 Å². The molecule has 2 atom stereocenters. The molecule has 6 heteroatoms. The molecule has 3 rings (SSSR count). The van der Waals surface area contributed by atoms with Crippen LogP contribution in [0.25, 0.3) is 11.0 Å². The standard InChI is InChI=1S/C18H24N4O2/c1-12-10-15(21-17(23)11-12)18(24)22(2)9-5-8-16-19-13-6-3-4-7-14(13)20-16/h3-4,6-7,12,15H,5,8-11H2,1-2H3,(H,19,20)(H,21,23)/t12-,15-/m0/s1. The Kier molecular flexibility index (Phi) is 4.83. The molecule has 0 spiro atoms. The van der Waals surface area contributed by atoms with Crippen LogP contribution in [-0.2, 0) is 16.0 Å². The molecule has 2 N–H and O–H groups in total. The van der Waals surface area contributed by atoms with Crippen LogP contribution < -0.4 is 5.32 Å². The highest BCUT2D eigenvalue weighted by molar-refractivity contribution is 5.88. The highest BCUT2D eigenvalue weighted by atomic mass is 16.2. The predicted molar refractivity (Wildman–Crippen MR) is 92.4 cm³/mol. The van der Waals surface area contributed by atoms with E-state index in [0.717, 1.165) is 36.1 Å². The Labute approximate surface area is 141 Å². The minimum absolute atomic E-state index is 0.000457. The number of carbonyl (C=O) groups is 2. The van der Waals surface area contributed by atoms with Gasteiger partial charge in [0.2, 0.25) is 11.8 Å². The Morgan fingerprint density at radius 3 is 2.92 bits per heavy atom. The number of hydrogen-bond donors (Lipinski definition) is 2. The predicted octanol–water partition coefficient (Wildman–Crippen LogP) is 1.87. The van der Waals surface area contributed by atoms with Crippen LogP contribution in [0, 0.1) is 5.92 Å². The number of H-pyrrole nitrogens is 1.